The van der Waals surface area contributed by atoms with Crippen LogP contribution in [-0.2, 0) is 20.7 Å². The lowest BCUT2D eigenvalue weighted by Crippen LogP contribution is -2.30. The van der Waals surface area contributed by atoms with Gasteiger partial charge >= 0.3 is 5.97 Å². The highest BCUT2D eigenvalue weighted by Gasteiger charge is 2.19. The third-order valence-electron chi connectivity index (χ3n) is 3.73. The monoisotopic (exact) mass is 404 g/mol. The van der Waals surface area contributed by atoms with Crippen LogP contribution in [0, 0.1) is 12.7 Å². The molecular weight excluding hydrogens is 387 g/mol. The zero-order chi connectivity index (χ0) is 19.4. The van der Waals surface area contributed by atoms with Gasteiger partial charge in [-0.05, 0) is 43.0 Å². The molecule has 0 aliphatic heterocycles. The Morgan fingerprint density at radius 1 is 1.30 bits per heavy atom. The Hall–Kier alpha value is -2.58. The molecule has 1 amide bonds. The first-order valence-corrected chi connectivity index (χ1v) is 9.93. The fourth-order valence-corrected chi connectivity index (χ4v) is 3.89. The number of carbonyl (C=O) groups excluding carboxylic acids is 2. The lowest BCUT2D eigenvalue weighted by molar-refractivity contribution is -0.152. The second-order valence-electron chi connectivity index (χ2n) is 5.88. The Morgan fingerprint density at radius 3 is 2.81 bits per heavy atom. The summed E-state index contributed by atoms with van der Waals surface area (Å²) in [6.07, 6.45) is -1.02. The van der Waals surface area contributed by atoms with Gasteiger partial charge < -0.3 is 10.1 Å². The molecule has 1 N–H and O–H groups in total. The number of nitrogens with zero attached hydrogens (tertiary/aromatic N) is 1. The van der Waals surface area contributed by atoms with Gasteiger partial charge in [-0.25, -0.2) is 9.37 Å². The number of hydrogen-bond donors (Lipinski definition) is 1. The molecule has 3 rings (SSSR count). The zero-order valence-electron chi connectivity index (χ0n) is 14.7. The Labute approximate surface area is 163 Å². The standard InChI is InChI=1S/C19H17FN2O3S2/c1-11-5-6-13(8-15(11)20)21-18(24)12(2)25-17(23)9-14-10-27-19(22-14)16-4-3-7-26-16/h3-8,10,12H,9H2,1-2H3,(H,21,24). The maximum atomic E-state index is 13.5. The number of nitrogens with one attached hydrogen (secondary N) is 1. The van der Waals surface area contributed by atoms with E-state index in [9.17, 15) is 14.0 Å². The molecule has 0 fully saturated rings. The normalized spacial score (nSPS) is 11.8. The van der Waals surface area contributed by atoms with Gasteiger partial charge in [-0.3, -0.25) is 9.59 Å². The van der Waals surface area contributed by atoms with Crippen molar-refractivity contribution in [3.05, 3.63) is 58.2 Å². The quantitative estimate of drug-likeness (QED) is 0.617. The van der Waals surface area contributed by atoms with E-state index in [4.69, 9.17) is 4.74 Å². The van der Waals surface area contributed by atoms with Crippen LogP contribution in [0.1, 0.15) is 18.2 Å². The molecule has 0 saturated carbocycles. The number of amides is 1. The molecule has 1 unspecified atom stereocenters. The molecule has 0 saturated heterocycles. The minimum Gasteiger partial charge on any atom is -0.452 e. The van der Waals surface area contributed by atoms with Crippen LogP contribution in [0.3, 0.4) is 0 Å². The summed E-state index contributed by atoms with van der Waals surface area (Å²) >= 11 is 3.03. The van der Waals surface area contributed by atoms with Gasteiger partial charge in [-0.15, -0.1) is 22.7 Å². The SMILES string of the molecule is Cc1ccc(NC(=O)C(C)OC(=O)Cc2csc(-c3cccs3)n2)cc1F. The van der Waals surface area contributed by atoms with E-state index in [1.807, 2.05) is 17.5 Å². The highest BCUT2D eigenvalue weighted by Crippen LogP contribution is 2.28. The lowest BCUT2D eigenvalue weighted by Gasteiger charge is -2.13. The highest BCUT2D eigenvalue weighted by atomic mass is 32.1. The van der Waals surface area contributed by atoms with Crippen LogP contribution >= 0.6 is 22.7 Å². The predicted molar refractivity (Wildman–Crippen MR) is 104 cm³/mol. The number of esters is 1. The van der Waals surface area contributed by atoms with Gasteiger partial charge in [0.25, 0.3) is 5.91 Å². The summed E-state index contributed by atoms with van der Waals surface area (Å²) < 4.78 is 18.7. The molecule has 1 aromatic carbocycles. The number of aryl methyl sites for hydroxylation is 1. The van der Waals surface area contributed by atoms with Crippen molar-refractivity contribution >= 4 is 40.2 Å². The van der Waals surface area contributed by atoms with E-state index < -0.39 is 23.8 Å². The van der Waals surface area contributed by atoms with Crippen LogP contribution in [0.15, 0.2) is 41.1 Å². The molecule has 140 valence electrons. The van der Waals surface area contributed by atoms with Crippen molar-refractivity contribution in [2.75, 3.05) is 5.32 Å². The maximum absolute atomic E-state index is 13.5. The average Bonchev–Trinajstić information content (AvgIpc) is 3.29. The van der Waals surface area contributed by atoms with Crippen LogP contribution in [0.5, 0.6) is 0 Å². The van der Waals surface area contributed by atoms with E-state index >= 15 is 0 Å². The Bertz CT molecular complexity index is 954. The van der Waals surface area contributed by atoms with Crippen molar-refractivity contribution in [1.29, 1.82) is 0 Å². The molecule has 2 heterocycles. The first kappa shape index (κ1) is 19.2. The van der Waals surface area contributed by atoms with Gasteiger partial charge in [0, 0.05) is 11.1 Å². The molecule has 5 nitrogen and oxygen atoms in total. The molecule has 27 heavy (non-hydrogen) atoms. The average molecular weight is 404 g/mol. The maximum Gasteiger partial charge on any atom is 0.312 e. The third kappa shape index (κ3) is 4.99. The first-order valence-electron chi connectivity index (χ1n) is 8.17. The van der Waals surface area contributed by atoms with E-state index in [-0.39, 0.29) is 6.42 Å². The summed E-state index contributed by atoms with van der Waals surface area (Å²) in [5.41, 5.74) is 1.39. The molecule has 0 radical (unpaired) electrons. The number of anilines is 1. The predicted octanol–water partition coefficient (Wildman–Crippen LogP) is 4.43. The van der Waals surface area contributed by atoms with Gasteiger partial charge in [-0.1, -0.05) is 12.1 Å². The van der Waals surface area contributed by atoms with Crippen molar-refractivity contribution in [2.45, 2.75) is 26.4 Å². The molecule has 1 atom stereocenters. The second-order valence-corrected chi connectivity index (χ2v) is 7.69. The van der Waals surface area contributed by atoms with Gasteiger partial charge in [0.1, 0.15) is 10.8 Å². The number of aromatic nitrogens is 1. The van der Waals surface area contributed by atoms with E-state index in [1.54, 1.807) is 35.8 Å². The van der Waals surface area contributed by atoms with Crippen molar-refractivity contribution in [2.24, 2.45) is 0 Å². The number of hydrogen-bond acceptors (Lipinski definition) is 6. The summed E-state index contributed by atoms with van der Waals surface area (Å²) in [7, 11) is 0. The summed E-state index contributed by atoms with van der Waals surface area (Å²) in [5.74, 6) is -1.48. The second kappa shape index (κ2) is 8.41. The van der Waals surface area contributed by atoms with Gasteiger partial charge in [0.05, 0.1) is 17.0 Å². The minimum atomic E-state index is -1.00. The molecule has 0 aliphatic carbocycles. The number of thiophene rings is 1. The van der Waals surface area contributed by atoms with Gasteiger partial charge in [-0.2, -0.15) is 0 Å². The fraction of sp³-hybridized carbons (Fsp3) is 0.211. The first-order chi connectivity index (χ1) is 12.9. The van der Waals surface area contributed by atoms with E-state index in [2.05, 4.69) is 10.3 Å². The van der Waals surface area contributed by atoms with Crippen molar-refractivity contribution in [3.63, 3.8) is 0 Å². The molecule has 2 aromatic heterocycles. The van der Waals surface area contributed by atoms with E-state index in [0.29, 0.717) is 16.9 Å². The number of ether oxygens (including phenoxy) is 1. The van der Waals surface area contributed by atoms with Crippen LogP contribution in [0.2, 0.25) is 0 Å². The van der Waals surface area contributed by atoms with Gasteiger partial charge in [0.2, 0.25) is 0 Å². The highest BCUT2D eigenvalue weighted by molar-refractivity contribution is 7.20. The molecular formula is C19H17FN2O3S2. The van der Waals surface area contributed by atoms with Crippen molar-refractivity contribution in [3.8, 4) is 9.88 Å². The number of rotatable bonds is 6. The van der Waals surface area contributed by atoms with E-state index in [1.165, 1.54) is 24.3 Å². The Kier molecular flexibility index (Phi) is 5.98. The molecule has 0 spiro atoms. The summed E-state index contributed by atoms with van der Waals surface area (Å²) in [6, 6.07) is 8.28. The lowest BCUT2D eigenvalue weighted by atomic mass is 10.2. The Balaban J connectivity index is 1.53. The van der Waals surface area contributed by atoms with Gasteiger partial charge in [0.15, 0.2) is 6.10 Å². The zero-order valence-corrected chi connectivity index (χ0v) is 16.3. The van der Waals surface area contributed by atoms with Crippen LogP contribution in [0.25, 0.3) is 9.88 Å². The smallest absolute Gasteiger partial charge is 0.312 e. The minimum absolute atomic E-state index is 0.0152. The molecule has 0 bridgehead atoms. The number of benzene rings is 1. The number of thiazole rings is 1. The van der Waals surface area contributed by atoms with Crippen LogP contribution < -0.4 is 5.32 Å². The van der Waals surface area contributed by atoms with E-state index in [0.717, 1.165) is 9.88 Å². The number of carbonyl (C=O) groups is 2. The molecule has 8 heteroatoms. The summed E-state index contributed by atoms with van der Waals surface area (Å²) in [6.45, 7) is 3.10. The number of halogens is 1. The largest absolute Gasteiger partial charge is 0.452 e. The van der Waals surface area contributed by atoms with Crippen molar-refractivity contribution < 1.29 is 18.7 Å². The van der Waals surface area contributed by atoms with Crippen LogP contribution in [-0.4, -0.2) is 23.0 Å². The molecule has 0 aliphatic rings. The Morgan fingerprint density at radius 2 is 2.11 bits per heavy atom. The summed E-state index contributed by atoms with van der Waals surface area (Å²) in [5, 5.41) is 7.15. The molecule has 3 aromatic rings. The van der Waals surface area contributed by atoms with Crippen LogP contribution in [0.4, 0.5) is 10.1 Å². The van der Waals surface area contributed by atoms with Crippen molar-refractivity contribution in [1.82, 2.24) is 4.98 Å². The summed E-state index contributed by atoms with van der Waals surface area (Å²) in [4.78, 5) is 29.7. The fourth-order valence-electron chi connectivity index (χ4n) is 2.26. The third-order valence-corrected chi connectivity index (χ3v) is 5.66. The topological polar surface area (TPSA) is 68.3 Å².